The highest BCUT2D eigenvalue weighted by atomic mass is 16.2. The molecule has 1 aromatic carbocycles. The van der Waals surface area contributed by atoms with E-state index < -0.39 is 0 Å². The molecule has 0 aliphatic carbocycles. The van der Waals surface area contributed by atoms with E-state index >= 15 is 0 Å². The first-order valence-electron chi connectivity index (χ1n) is 8.95. The number of aliphatic imine (C=N–C) groups is 1. The molecule has 25 heavy (non-hydrogen) atoms. The third-order valence-electron chi connectivity index (χ3n) is 4.11. The molecule has 1 aromatic rings. The highest BCUT2D eigenvalue weighted by molar-refractivity contribution is 5.81. The van der Waals surface area contributed by atoms with E-state index in [0.29, 0.717) is 19.5 Å². The number of rotatable bonds is 7. The van der Waals surface area contributed by atoms with Gasteiger partial charge >= 0.3 is 0 Å². The number of carbonyl (C=O) groups excluding carboxylic acids is 1. The highest BCUT2D eigenvalue weighted by Gasteiger charge is 2.20. The van der Waals surface area contributed by atoms with Crippen molar-refractivity contribution in [2.24, 2.45) is 4.99 Å². The number of nitrogens with one attached hydrogen (secondary N) is 2. The van der Waals surface area contributed by atoms with E-state index in [-0.39, 0.29) is 5.91 Å². The van der Waals surface area contributed by atoms with Crippen molar-refractivity contribution >= 4 is 17.6 Å². The maximum Gasteiger partial charge on any atom is 0.224 e. The van der Waals surface area contributed by atoms with Gasteiger partial charge in [0.05, 0.1) is 6.54 Å². The zero-order chi connectivity index (χ0) is 17.9. The second-order valence-electron chi connectivity index (χ2n) is 5.88. The van der Waals surface area contributed by atoms with E-state index in [1.807, 2.05) is 30.0 Å². The van der Waals surface area contributed by atoms with E-state index in [1.165, 1.54) is 5.69 Å². The van der Waals surface area contributed by atoms with Crippen LogP contribution in [0.4, 0.5) is 5.69 Å². The van der Waals surface area contributed by atoms with E-state index in [1.54, 1.807) is 6.08 Å². The molecule has 1 amide bonds. The molecular formula is C19H29N5O. The van der Waals surface area contributed by atoms with Crippen LogP contribution in [0.3, 0.4) is 0 Å². The third kappa shape index (κ3) is 6.14. The minimum atomic E-state index is 0.177. The van der Waals surface area contributed by atoms with Crippen molar-refractivity contribution in [2.75, 3.05) is 50.7 Å². The van der Waals surface area contributed by atoms with Crippen LogP contribution in [-0.2, 0) is 4.79 Å². The summed E-state index contributed by atoms with van der Waals surface area (Å²) >= 11 is 0. The fourth-order valence-electron chi connectivity index (χ4n) is 2.78. The first kappa shape index (κ1) is 18.8. The molecule has 0 spiro atoms. The van der Waals surface area contributed by atoms with Gasteiger partial charge in [0.25, 0.3) is 0 Å². The van der Waals surface area contributed by atoms with E-state index in [2.05, 4.69) is 39.2 Å². The van der Waals surface area contributed by atoms with Gasteiger partial charge < -0.3 is 20.4 Å². The number of hydrogen-bond donors (Lipinski definition) is 2. The predicted molar refractivity (Wildman–Crippen MR) is 104 cm³/mol. The van der Waals surface area contributed by atoms with E-state index in [4.69, 9.17) is 0 Å². The van der Waals surface area contributed by atoms with Gasteiger partial charge in [-0.1, -0.05) is 24.3 Å². The van der Waals surface area contributed by atoms with Crippen LogP contribution in [-0.4, -0.2) is 62.6 Å². The molecule has 1 saturated heterocycles. The van der Waals surface area contributed by atoms with Gasteiger partial charge in [-0.05, 0) is 19.1 Å². The van der Waals surface area contributed by atoms with Crippen LogP contribution in [0.1, 0.15) is 13.3 Å². The van der Waals surface area contributed by atoms with Gasteiger partial charge in [-0.3, -0.25) is 9.79 Å². The molecule has 0 unspecified atom stereocenters. The van der Waals surface area contributed by atoms with Crippen molar-refractivity contribution in [3.8, 4) is 0 Å². The van der Waals surface area contributed by atoms with E-state index in [0.717, 1.165) is 38.7 Å². The van der Waals surface area contributed by atoms with Crippen LogP contribution in [0.25, 0.3) is 0 Å². The third-order valence-corrected chi connectivity index (χ3v) is 4.11. The molecule has 2 rings (SSSR count). The van der Waals surface area contributed by atoms with Crippen molar-refractivity contribution in [2.45, 2.75) is 13.3 Å². The summed E-state index contributed by atoms with van der Waals surface area (Å²) in [6.07, 6.45) is 2.22. The zero-order valence-corrected chi connectivity index (χ0v) is 15.1. The number of nitrogens with zero attached hydrogens (tertiary/aromatic N) is 3. The second-order valence-corrected chi connectivity index (χ2v) is 5.88. The molecule has 1 heterocycles. The number of carbonyl (C=O) groups is 1. The van der Waals surface area contributed by atoms with Crippen LogP contribution in [0.15, 0.2) is 48.0 Å². The van der Waals surface area contributed by atoms with Gasteiger partial charge in [-0.15, -0.1) is 6.58 Å². The van der Waals surface area contributed by atoms with Gasteiger partial charge in [0.1, 0.15) is 0 Å². The molecule has 2 N–H and O–H groups in total. The molecule has 0 saturated carbocycles. The predicted octanol–water partition coefficient (Wildman–Crippen LogP) is 1.47. The Balaban J connectivity index is 1.75. The molecule has 0 aromatic heterocycles. The molecule has 1 aliphatic heterocycles. The van der Waals surface area contributed by atoms with Crippen molar-refractivity contribution < 1.29 is 4.79 Å². The first-order chi connectivity index (χ1) is 12.2. The molecular weight excluding hydrogens is 314 g/mol. The number of guanidine groups is 1. The van der Waals surface area contributed by atoms with Crippen LogP contribution < -0.4 is 15.5 Å². The Hall–Kier alpha value is -2.50. The Morgan fingerprint density at radius 1 is 1.20 bits per heavy atom. The van der Waals surface area contributed by atoms with Crippen LogP contribution in [0, 0.1) is 0 Å². The Morgan fingerprint density at radius 3 is 2.56 bits per heavy atom. The number of amides is 1. The van der Waals surface area contributed by atoms with Crippen LogP contribution >= 0.6 is 0 Å². The summed E-state index contributed by atoms with van der Waals surface area (Å²) in [4.78, 5) is 21.1. The van der Waals surface area contributed by atoms with Crippen molar-refractivity contribution in [1.82, 2.24) is 15.5 Å². The summed E-state index contributed by atoms with van der Waals surface area (Å²) in [5.41, 5.74) is 1.22. The molecule has 0 radical (unpaired) electrons. The molecule has 1 aliphatic rings. The standard InChI is InChI=1S/C19H29N5O/c1-3-11-21-19(20-4-2)22-12-10-18(25)24-15-13-23(14-16-24)17-8-6-5-7-9-17/h3,5-9H,1,4,10-16H2,2H3,(H2,20,21,22). The average Bonchev–Trinajstić information content (AvgIpc) is 2.67. The summed E-state index contributed by atoms with van der Waals surface area (Å²) in [5.74, 6) is 0.903. The lowest BCUT2D eigenvalue weighted by atomic mass is 10.2. The monoisotopic (exact) mass is 343 g/mol. The van der Waals surface area contributed by atoms with Gasteiger partial charge in [0.2, 0.25) is 5.91 Å². The molecule has 136 valence electrons. The topological polar surface area (TPSA) is 60.0 Å². The maximum atomic E-state index is 12.4. The minimum Gasteiger partial charge on any atom is -0.368 e. The Kier molecular flexibility index (Phi) is 7.82. The molecule has 6 heteroatoms. The normalized spacial score (nSPS) is 15.0. The van der Waals surface area contributed by atoms with Gasteiger partial charge in [0, 0.05) is 51.4 Å². The lowest BCUT2D eigenvalue weighted by molar-refractivity contribution is -0.131. The summed E-state index contributed by atoms with van der Waals surface area (Å²) in [5, 5.41) is 6.29. The quantitative estimate of drug-likeness (QED) is 0.447. The van der Waals surface area contributed by atoms with Crippen molar-refractivity contribution in [3.63, 3.8) is 0 Å². The van der Waals surface area contributed by atoms with E-state index in [9.17, 15) is 4.79 Å². The summed E-state index contributed by atoms with van der Waals surface area (Å²) in [6, 6.07) is 10.4. The Bertz CT molecular complexity index is 564. The largest absolute Gasteiger partial charge is 0.368 e. The highest BCUT2D eigenvalue weighted by Crippen LogP contribution is 2.15. The van der Waals surface area contributed by atoms with Gasteiger partial charge in [-0.2, -0.15) is 0 Å². The average molecular weight is 343 g/mol. The zero-order valence-electron chi connectivity index (χ0n) is 15.1. The van der Waals surface area contributed by atoms with Crippen molar-refractivity contribution in [3.05, 3.63) is 43.0 Å². The first-order valence-corrected chi connectivity index (χ1v) is 8.95. The van der Waals surface area contributed by atoms with Gasteiger partial charge in [0.15, 0.2) is 5.96 Å². The Morgan fingerprint density at radius 2 is 1.92 bits per heavy atom. The number of para-hydroxylation sites is 1. The second kappa shape index (κ2) is 10.4. The molecule has 1 fully saturated rings. The lowest BCUT2D eigenvalue weighted by Gasteiger charge is -2.36. The summed E-state index contributed by atoms with van der Waals surface area (Å²) < 4.78 is 0. The molecule has 6 nitrogen and oxygen atoms in total. The number of hydrogen-bond acceptors (Lipinski definition) is 3. The van der Waals surface area contributed by atoms with Crippen LogP contribution in [0.5, 0.6) is 0 Å². The summed E-state index contributed by atoms with van der Waals surface area (Å²) in [6.45, 7) is 10.9. The number of anilines is 1. The van der Waals surface area contributed by atoms with Crippen LogP contribution in [0.2, 0.25) is 0 Å². The molecule has 0 bridgehead atoms. The van der Waals surface area contributed by atoms with Gasteiger partial charge in [-0.25, -0.2) is 0 Å². The van der Waals surface area contributed by atoms with Crippen molar-refractivity contribution in [1.29, 1.82) is 0 Å². The lowest BCUT2D eigenvalue weighted by Crippen LogP contribution is -2.49. The fraction of sp³-hybridized carbons (Fsp3) is 0.474. The number of piperazine rings is 1. The SMILES string of the molecule is C=CCNC(=NCCC(=O)N1CCN(c2ccccc2)CC1)NCC. The minimum absolute atomic E-state index is 0.177. The Labute approximate surface area is 150 Å². The smallest absolute Gasteiger partial charge is 0.224 e. The molecule has 0 atom stereocenters. The summed E-state index contributed by atoms with van der Waals surface area (Å²) in [7, 11) is 0. The maximum absolute atomic E-state index is 12.4. The fourth-order valence-corrected chi connectivity index (χ4v) is 2.78. The number of benzene rings is 1.